The Labute approximate surface area is 174 Å². The first-order valence-corrected chi connectivity index (χ1v) is 10.9. The first kappa shape index (κ1) is 19.7. The molecule has 0 unspecified atom stereocenters. The van der Waals surface area contributed by atoms with Crippen LogP contribution in [0.4, 0.5) is 11.6 Å². The van der Waals surface area contributed by atoms with Crippen molar-refractivity contribution < 1.29 is 17.9 Å². The molecule has 0 saturated carbocycles. The van der Waals surface area contributed by atoms with Crippen molar-refractivity contribution in [1.29, 1.82) is 0 Å². The molecule has 2 heterocycles. The normalized spacial score (nSPS) is 11.4. The third-order valence-electron chi connectivity index (χ3n) is 4.59. The lowest BCUT2D eigenvalue weighted by Gasteiger charge is -2.13. The molecule has 0 aliphatic heterocycles. The summed E-state index contributed by atoms with van der Waals surface area (Å²) in [6.07, 6.45) is 4.63. The Morgan fingerprint density at radius 2 is 1.80 bits per heavy atom. The van der Waals surface area contributed by atoms with Crippen LogP contribution in [0.15, 0.2) is 65.8 Å². The van der Waals surface area contributed by atoms with Crippen molar-refractivity contribution in [3.63, 3.8) is 0 Å². The van der Waals surface area contributed by atoms with E-state index in [2.05, 4.69) is 10.3 Å². The van der Waals surface area contributed by atoms with Crippen LogP contribution in [0.25, 0.3) is 16.9 Å². The average molecular weight is 424 g/mol. The van der Waals surface area contributed by atoms with Crippen LogP contribution >= 0.6 is 0 Å². The summed E-state index contributed by atoms with van der Waals surface area (Å²) >= 11 is 0. The zero-order valence-corrected chi connectivity index (χ0v) is 17.5. The lowest BCUT2D eigenvalue weighted by molar-refractivity contribution is 0.355. The van der Waals surface area contributed by atoms with Gasteiger partial charge >= 0.3 is 0 Å². The lowest BCUT2D eigenvalue weighted by Crippen LogP contribution is -2.04. The molecule has 0 atom stereocenters. The van der Waals surface area contributed by atoms with Crippen LogP contribution in [0.3, 0.4) is 0 Å². The lowest BCUT2D eigenvalue weighted by atomic mass is 10.1. The number of nitrogens with one attached hydrogen (secondary N) is 1. The van der Waals surface area contributed by atoms with Gasteiger partial charge in [-0.1, -0.05) is 6.07 Å². The van der Waals surface area contributed by atoms with E-state index in [0.29, 0.717) is 34.5 Å². The monoisotopic (exact) mass is 424 g/mol. The van der Waals surface area contributed by atoms with E-state index < -0.39 is 9.84 Å². The van der Waals surface area contributed by atoms with Gasteiger partial charge in [0.15, 0.2) is 21.3 Å². The molecule has 0 fully saturated rings. The molecule has 8 nitrogen and oxygen atoms in total. The van der Waals surface area contributed by atoms with E-state index in [-0.39, 0.29) is 4.90 Å². The largest absolute Gasteiger partial charge is 0.493 e. The maximum atomic E-state index is 11.9. The number of nitrogens with zero attached hydrogens (tertiary/aromatic N) is 3. The quantitative estimate of drug-likeness (QED) is 0.506. The highest BCUT2D eigenvalue weighted by molar-refractivity contribution is 7.90. The number of aromatic nitrogens is 3. The molecule has 4 rings (SSSR count). The Morgan fingerprint density at radius 1 is 1.00 bits per heavy atom. The minimum atomic E-state index is -3.32. The van der Waals surface area contributed by atoms with Gasteiger partial charge in [0.1, 0.15) is 5.65 Å². The number of hydrogen-bond acceptors (Lipinski definition) is 7. The molecule has 0 radical (unpaired) electrons. The second kappa shape index (κ2) is 7.68. The fraction of sp³-hybridized carbons (Fsp3) is 0.143. The van der Waals surface area contributed by atoms with Gasteiger partial charge in [-0.25, -0.2) is 18.4 Å². The van der Waals surface area contributed by atoms with Crippen molar-refractivity contribution >= 4 is 27.1 Å². The number of hydrogen-bond donors (Lipinski definition) is 1. The summed E-state index contributed by atoms with van der Waals surface area (Å²) in [4.78, 5) is 9.33. The molecule has 30 heavy (non-hydrogen) atoms. The van der Waals surface area contributed by atoms with Gasteiger partial charge in [0.25, 0.3) is 0 Å². The highest BCUT2D eigenvalue weighted by Gasteiger charge is 2.13. The molecule has 0 spiro atoms. The number of sulfone groups is 1. The third-order valence-corrected chi connectivity index (χ3v) is 5.70. The Kier molecular flexibility index (Phi) is 5.04. The molecule has 0 saturated heterocycles. The maximum Gasteiger partial charge on any atom is 0.213 e. The molecule has 154 valence electrons. The van der Waals surface area contributed by atoms with Crippen molar-refractivity contribution in [1.82, 2.24) is 14.4 Å². The summed E-state index contributed by atoms with van der Waals surface area (Å²) in [5.41, 5.74) is 2.80. The Bertz CT molecular complexity index is 1330. The standard InChI is InChI=1S/C21H20N4O4S/c1-28-18-8-7-14(11-19(18)29-2)17-13-20-22-9-10-25(20)21(24-17)23-15-5-4-6-16(12-15)30(3,26)27/h4-13H,1-3H3,(H,23,24). The number of methoxy groups -OCH3 is 2. The van der Waals surface area contributed by atoms with Crippen molar-refractivity contribution in [2.24, 2.45) is 0 Å². The number of rotatable bonds is 6. The molecule has 0 aliphatic carbocycles. The molecule has 0 bridgehead atoms. The van der Waals surface area contributed by atoms with E-state index in [1.54, 1.807) is 55.3 Å². The van der Waals surface area contributed by atoms with Crippen molar-refractivity contribution in [3.05, 3.63) is 60.9 Å². The molecular weight excluding hydrogens is 404 g/mol. The van der Waals surface area contributed by atoms with Crippen LogP contribution in [-0.2, 0) is 9.84 Å². The third kappa shape index (κ3) is 3.79. The molecule has 0 aliphatic rings. The molecule has 4 aromatic rings. The van der Waals surface area contributed by atoms with Gasteiger partial charge in [0.2, 0.25) is 5.95 Å². The zero-order valence-electron chi connectivity index (χ0n) is 16.7. The number of imidazole rings is 1. The summed E-state index contributed by atoms with van der Waals surface area (Å²) in [6, 6.07) is 14.0. The highest BCUT2D eigenvalue weighted by Crippen LogP contribution is 2.32. The Hall–Kier alpha value is -3.59. The van der Waals surface area contributed by atoms with E-state index in [1.165, 1.54) is 6.26 Å². The Morgan fingerprint density at radius 3 is 2.53 bits per heavy atom. The fourth-order valence-corrected chi connectivity index (χ4v) is 3.76. The second-order valence-corrected chi connectivity index (χ2v) is 8.63. The summed E-state index contributed by atoms with van der Waals surface area (Å²) in [7, 11) is -0.160. The van der Waals surface area contributed by atoms with E-state index in [9.17, 15) is 8.42 Å². The van der Waals surface area contributed by atoms with Crippen molar-refractivity contribution in [2.75, 3.05) is 25.8 Å². The predicted molar refractivity (Wildman–Crippen MR) is 114 cm³/mol. The second-order valence-electron chi connectivity index (χ2n) is 6.62. The number of fused-ring (bicyclic) bond motifs is 1. The van der Waals surface area contributed by atoms with Crippen LogP contribution in [-0.4, -0.2) is 43.3 Å². The average Bonchev–Trinajstić information content (AvgIpc) is 3.22. The SMILES string of the molecule is COc1ccc(-c2cc3nccn3c(Nc3cccc(S(C)(=O)=O)c3)n2)cc1OC. The number of anilines is 2. The summed E-state index contributed by atoms with van der Waals surface area (Å²) < 4.78 is 36.2. The minimum absolute atomic E-state index is 0.227. The van der Waals surface area contributed by atoms with Crippen LogP contribution in [0.1, 0.15) is 0 Å². The van der Waals surface area contributed by atoms with Gasteiger partial charge in [-0.05, 0) is 36.4 Å². The first-order chi connectivity index (χ1) is 14.4. The van der Waals surface area contributed by atoms with Gasteiger partial charge < -0.3 is 14.8 Å². The van der Waals surface area contributed by atoms with Crippen LogP contribution in [0, 0.1) is 0 Å². The molecule has 2 aromatic heterocycles. The molecular formula is C21H20N4O4S. The topological polar surface area (TPSA) is 94.8 Å². The van der Waals surface area contributed by atoms with Crippen LogP contribution in [0.5, 0.6) is 11.5 Å². The van der Waals surface area contributed by atoms with E-state index in [4.69, 9.17) is 14.5 Å². The van der Waals surface area contributed by atoms with Gasteiger partial charge in [0.05, 0.1) is 24.8 Å². The molecule has 9 heteroatoms. The van der Waals surface area contributed by atoms with Crippen molar-refractivity contribution in [2.45, 2.75) is 4.90 Å². The van der Waals surface area contributed by atoms with Gasteiger partial charge in [-0.3, -0.25) is 4.40 Å². The first-order valence-electron chi connectivity index (χ1n) is 9.02. The predicted octanol–water partition coefficient (Wildman–Crippen LogP) is 3.56. The van der Waals surface area contributed by atoms with E-state index in [1.807, 2.05) is 24.3 Å². The van der Waals surface area contributed by atoms with Crippen molar-refractivity contribution in [3.8, 4) is 22.8 Å². The minimum Gasteiger partial charge on any atom is -0.493 e. The van der Waals surface area contributed by atoms with E-state index >= 15 is 0 Å². The molecule has 0 amide bonds. The maximum absolute atomic E-state index is 11.9. The summed E-state index contributed by atoms with van der Waals surface area (Å²) in [5.74, 6) is 1.72. The number of ether oxygens (including phenoxy) is 2. The zero-order chi connectivity index (χ0) is 21.3. The molecule has 2 aromatic carbocycles. The number of benzene rings is 2. The van der Waals surface area contributed by atoms with E-state index in [0.717, 1.165) is 5.56 Å². The van der Waals surface area contributed by atoms with Gasteiger partial charge in [0, 0.05) is 36.0 Å². The van der Waals surface area contributed by atoms with Crippen LogP contribution < -0.4 is 14.8 Å². The highest BCUT2D eigenvalue weighted by atomic mass is 32.2. The van der Waals surface area contributed by atoms with Crippen LogP contribution in [0.2, 0.25) is 0 Å². The van der Waals surface area contributed by atoms with Gasteiger partial charge in [-0.15, -0.1) is 0 Å². The molecule has 1 N–H and O–H groups in total. The Balaban J connectivity index is 1.79. The fourth-order valence-electron chi connectivity index (χ4n) is 3.09. The summed E-state index contributed by atoms with van der Waals surface area (Å²) in [5, 5.41) is 3.20. The van der Waals surface area contributed by atoms with Gasteiger partial charge in [-0.2, -0.15) is 0 Å². The smallest absolute Gasteiger partial charge is 0.213 e. The summed E-state index contributed by atoms with van der Waals surface area (Å²) in [6.45, 7) is 0.